The monoisotopic (exact) mass is 260 g/mol. The predicted octanol–water partition coefficient (Wildman–Crippen LogP) is 1.17. The number of carbonyl (C=O) groups excluding carboxylic acids is 1. The third kappa shape index (κ3) is 3.48. The molecule has 98 valence electrons. The highest BCUT2D eigenvalue weighted by Crippen LogP contribution is 2.06. The zero-order chi connectivity index (χ0) is 13.7. The van der Waals surface area contributed by atoms with E-state index in [1.54, 1.807) is 18.2 Å². The zero-order valence-electron chi connectivity index (χ0n) is 10.1. The molecule has 6 heteroatoms. The van der Waals surface area contributed by atoms with E-state index in [2.05, 4.69) is 15.5 Å². The summed E-state index contributed by atoms with van der Waals surface area (Å²) in [5, 5.41) is 9.89. The highest BCUT2D eigenvalue weighted by molar-refractivity contribution is 5.92. The molecule has 0 aliphatic carbocycles. The number of nitrogens with zero attached hydrogens (tertiary/aromatic N) is 2. The number of nitrogens with two attached hydrogens (primary N) is 1. The number of hydrogen-bond donors (Lipinski definition) is 2. The van der Waals surface area contributed by atoms with Crippen LogP contribution >= 0.6 is 0 Å². The van der Waals surface area contributed by atoms with E-state index in [0.29, 0.717) is 18.5 Å². The Morgan fingerprint density at radius 1 is 1.21 bits per heavy atom. The summed E-state index contributed by atoms with van der Waals surface area (Å²) in [5.41, 5.74) is 6.12. The van der Waals surface area contributed by atoms with Gasteiger partial charge < -0.3 is 11.1 Å². The molecular formula is C13H13FN4O. The molecule has 0 radical (unpaired) electrons. The minimum atomic E-state index is -0.358. The first kappa shape index (κ1) is 12.9. The molecule has 2 rings (SSSR count). The molecule has 1 aromatic carbocycles. The summed E-state index contributed by atoms with van der Waals surface area (Å²) in [7, 11) is 0. The SMILES string of the molecule is Nc1ccc(C(=O)NCCc2ccccc2F)nn1. The average Bonchev–Trinajstić information content (AvgIpc) is 2.41. The van der Waals surface area contributed by atoms with Crippen LogP contribution < -0.4 is 11.1 Å². The van der Waals surface area contributed by atoms with Gasteiger partial charge in [0, 0.05) is 6.54 Å². The summed E-state index contributed by atoms with van der Waals surface area (Å²) >= 11 is 0. The Kier molecular flexibility index (Phi) is 4.02. The van der Waals surface area contributed by atoms with Gasteiger partial charge in [-0.15, -0.1) is 10.2 Å². The van der Waals surface area contributed by atoms with Crippen molar-refractivity contribution in [1.82, 2.24) is 15.5 Å². The van der Waals surface area contributed by atoms with Crippen molar-refractivity contribution in [1.29, 1.82) is 0 Å². The largest absolute Gasteiger partial charge is 0.382 e. The second-order valence-corrected chi connectivity index (χ2v) is 3.94. The molecule has 2 aromatic rings. The van der Waals surface area contributed by atoms with Crippen LogP contribution in [-0.4, -0.2) is 22.6 Å². The molecule has 0 atom stereocenters. The molecule has 3 N–H and O–H groups in total. The summed E-state index contributed by atoms with van der Waals surface area (Å²) in [6, 6.07) is 9.44. The van der Waals surface area contributed by atoms with Gasteiger partial charge in [-0.05, 0) is 30.2 Å². The Hall–Kier alpha value is -2.50. The summed E-state index contributed by atoms with van der Waals surface area (Å²) < 4.78 is 13.3. The number of carbonyl (C=O) groups is 1. The van der Waals surface area contributed by atoms with Gasteiger partial charge in [0.1, 0.15) is 11.6 Å². The maximum absolute atomic E-state index is 13.3. The smallest absolute Gasteiger partial charge is 0.271 e. The molecule has 0 unspecified atom stereocenters. The van der Waals surface area contributed by atoms with Crippen molar-refractivity contribution in [2.75, 3.05) is 12.3 Å². The molecule has 1 amide bonds. The summed E-state index contributed by atoms with van der Waals surface area (Å²) in [6.07, 6.45) is 0.417. The van der Waals surface area contributed by atoms with Gasteiger partial charge in [0.25, 0.3) is 5.91 Å². The molecule has 5 nitrogen and oxygen atoms in total. The maximum atomic E-state index is 13.3. The first-order chi connectivity index (χ1) is 9.16. The lowest BCUT2D eigenvalue weighted by atomic mass is 10.1. The van der Waals surface area contributed by atoms with Crippen LogP contribution in [-0.2, 0) is 6.42 Å². The number of nitrogens with one attached hydrogen (secondary N) is 1. The van der Waals surface area contributed by atoms with Crippen molar-refractivity contribution in [3.63, 3.8) is 0 Å². The second kappa shape index (κ2) is 5.90. The van der Waals surface area contributed by atoms with Gasteiger partial charge in [0.2, 0.25) is 0 Å². The predicted molar refractivity (Wildman–Crippen MR) is 68.9 cm³/mol. The van der Waals surface area contributed by atoms with Crippen LogP contribution in [0, 0.1) is 5.82 Å². The van der Waals surface area contributed by atoms with E-state index in [0.717, 1.165) is 0 Å². The molecule has 1 heterocycles. The van der Waals surface area contributed by atoms with Crippen LogP contribution in [0.4, 0.5) is 10.2 Å². The van der Waals surface area contributed by atoms with Crippen molar-refractivity contribution in [2.24, 2.45) is 0 Å². The maximum Gasteiger partial charge on any atom is 0.271 e. The molecule has 1 aromatic heterocycles. The van der Waals surface area contributed by atoms with E-state index < -0.39 is 0 Å². The first-order valence-electron chi connectivity index (χ1n) is 5.77. The Morgan fingerprint density at radius 3 is 2.68 bits per heavy atom. The lowest BCUT2D eigenvalue weighted by Gasteiger charge is -2.05. The number of hydrogen-bond acceptors (Lipinski definition) is 4. The summed E-state index contributed by atoms with van der Waals surface area (Å²) in [5.74, 6) is -0.379. The number of anilines is 1. The average molecular weight is 260 g/mol. The molecule has 0 bridgehead atoms. The van der Waals surface area contributed by atoms with Crippen LogP contribution in [0.15, 0.2) is 36.4 Å². The zero-order valence-corrected chi connectivity index (χ0v) is 10.1. The molecule has 0 aliphatic heterocycles. The van der Waals surface area contributed by atoms with E-state index in [-0.39, 0.29) is 23.2 Å². The fourth-order valence-electron chi connectivity index (χ4n) is 1.57. The quantitative estimate of drug-likeness (QED) is 0.864. The minimum absolute atomic E-state index is 0.183. The molecule has 19 heavy (non-hydrogen) atoms. The van der Waals surface area contributed by atoms with Gasteiger partial charge >= 0.3 is 0 Å². The second-order valence-electron chi connectivity index (χ2n) is 3.94. The standard InChI is InChI=1S/C13H13FN4O/c14-10-4-2-1-3-9(10)7-8-16-13(19)11-5-6-12(15)18-17-11/h1-6H,7-8H2,(H2,15,18)(H,16,19). The number of nitrogen functional groups attached to an aromatic ring is 1. The minimum Gasteiger partial charge on any atom is -0.382 e. The van der Waals surface area contributed by atoms with E-state index in [1.165, 1.54) is 18.2 Å². The highest BCUT2D eigenvalue weighted by atomic mass is 19.1. The fourth-order valence-corrected chi connectivity index (χ4v) is 1.57. The number of rotatable bonds is 4. The fraction of sp³-hybridized carbons (Fsp3) is 0.154. The van der Waals surface area contributed by atoms with Crippen LogP contribution in [0.1, 0.15) is 16.1 Å². The Labute approximate surface area is 109 Å². The molecule has 0 aliphatic rings. The van der Waals surface area contributed by atoms with Crippen molar-refractivity contribution >= 4 is 11.7 Å². The van der Waals surface area contributed by atoms with Gasteiger partial charge in [0.15, 0.2) is 5.69 Å². The van der Waals surface area contributed by atoms with Gasteiger partial charge in [-0.2, -0.15) is 0 Å². The number of halogens is 1. The van der Waals surface area contributed by atoms with Crippen LogP contribution in [0.5, 0.6) is 0 Å². The van der Waals surface area contributed by atoms with E-state index in [4.69, 9.17) is 5.73 Å². The molecule has 0 saturated heterocycles. The number of amides is 1. The summed E-state index contributed by atoms with van der Waals surface area (Å²) in [6.45, 7) is 0.325. The lowest BCUT2D eigenvalue weighted by Crippen LogP contribution is -2.27. The van der Waals surface area contributed by atoms with Crippen LogP contribution in [0.25, 0.3) is 0 Å². The molecular weight excluding hydrogens is 247 g/mol. The topological polar surface area (TPSA) is 80.9 Å². The van der Waals surface area contributed by atoms with Gasteiger partial charge in [-0.3, -0.25) is 4.79 Å². The van der Waals surface area contributed by atoms with Crippen molar-refractivity contribution in [3.8, 4) is 0 Å². The third-order valence-corrected chi connectivity index (χ3v) is 2.56. The Balaban J connectivity index is 1.88. The van der Waals surface area contributed by atoms with E-state index >= 15 is 0 Å². The Morgan fingerprint density at radius 2 is 2.00 bits per heavy atom. The van der Waals surface area contributed by atoms with Crippen molar-refractivity contribution in [2.45, 2.75) is 6.42 Å². The van der Waals surface area contributed by atoms with Crippen molar-refractivity contribution in [3.05, 3.63) is 53.5 Å². The number of benzene rings is 1. The molecule has 0 fully saturated rings. The lowest BCUT2D eigenvalue weighted by molar-refractivity contribution is 0.0948. The molecule has 0 saturated carbocycles. The molecule has 0 spiro atoms. The number of aromatic nitrogens is 2. The van der Waals surface area contributed by atoms with E-state index in [9.17, 15) is 9.18 Å². The highest BCUT2D eigenvalue weighted by Gasteiger charge is 2.07. The summed E-state index contributed by atoms with van der Waals surface area (Å²) in [4.78, 5) is 11.7. The van der Waals surface area contributed by atoms with Crippen molar-refractivity contribution < 1.29 is 9.18 Å². The normalized spacial score (nSPS) is 10.2. The van der Waals surface area contributed by atoms with Crippen LogP contribution in [0.3, 0.4) is 0 Å². The first-order valence-corrected chi connectivity index (χ1v) is 5.77. The van der Waals surface area contributed by atoms with Gasteiger partial charge in [0.05, 0.1) is 0 Å². The van der Waals surface area contributed by atoms with Gasteiger partial charge in [-0.25, -0.2) is 4.39 Å². The van der Waals surface area contributed by atoms with Gasteiger partial charge in [-0.1, -0.05) is 18.2 Å². The Bertz CT molecular complexity index is 571. The van der Waals surface area contributed by atoms with E-state index in [1.807, 2.05) is 0 Å². The third-order valence-electron chi connectivity index (χ3n) is 2.56. The van der Waals surface area contributed by atoms with Crippen LogP contribution in [0.2, 0.25) is 0 Å².